The molecule has 0 spiro atoms. The van der Waals surface area contributed by atoms with E-state index < -0.39 is 0 Å². The summed E-state index contributed by atoms with van der Waals surface area (Å²) in [5.41, 5.74) is 2.47. The molecule has 2 aliphatic heterocycles. The van der Waals surface area contributed by atoms with Gasteiger partial charge in [-0.05, 0) is 50.2 Å². The van der Waals surface area contributed by atoms with Gasteiger partial charge in [0, 0.05) is 24.8 Å². The fraction of sp³-hybridized carbons (Fsp3) is 0.611. The largest absolute Gasteiger partial charge is 0.382 e. The smallest absolute Gasteiger partial charge is 0.228 e. The molecule has 0 bridgehead atoms. The molecule has 1 fully saturated rings. The van der Waals surface area contributed by atoms with Crippen LogP contribution in [0.4, 0.5) is 5.69 Å². The van der Waals surface area contributed by atoms with Crippen LogP contribution >= 0.6 is 0 Å². The van der Waals surface area contributed by atoms with E-state index in [9.17, 15) is 4.79 Å². The van der Waals surface area contributed by atoms with Crippen LogP contribution < -0.4 is 5.32 Å². The van der Waals surface area contributed by atoms with Crippen molar-refractivity contribution in [3.63, 3.8) is 0 Å². The Kier molecular flexibility index (Phi) is 4.18. The number of hydrogen-bond acceptors (Lipinski definition) is 2. The molecular weight excluding hydrogens is 260 g/mol. The molecule has 0 radical (unpaired) electrons. The topological polar surface area (TPSA) is 32.3 Å². The minimum absolute atomic E-state index is 0.0771. The number of benzene rings is 1. The highest BCUT2D eigenvalue weighted by Gasteiger charge is 2.33. The highest BCUT2D eigenvalue weighted by atomic mass is 16.2. The van der Waals surface area contributed by atoms with E-state index in [4.69, 9.17) is 0 Å². The summed E-state index contributed by atoms with van der Waals surface area (Å²) in [6.45, 7) is 6.31. The molecule has 1 saturated heterocycles. The number of nitrogens with one attached hydrogen (secondary N) is 1. The summed E-state index contributed by atoms with van der Waals surface area (Å²) in [6.07, 6.45) is 4.43. The minimum Gasteiger partial charge on any atom is -0.382 e. The van der Waals surface area contributed by atoms with Gasteiger partial charge in [-0.2, -0.15) is 0 Å². The van der Waals surface area contributed by atoms with E-state index in [1.165, 1.54) is 17.7 Å². The maximum atomic E-state index is 12.9. The van der Waals surface area contributed by atoms with Crippen LogP contribution in [0.3, 0.4) is 0 Å². The number of anilines is 1. The molecule has 3 rings (SSSR count). The lowest BCUT2D eigenvalue weighted by Gasteiger charge is -2.35. The first-order valence-electron chi connectivity index (χ1n) is 8.28. The molecule has 0 aromatic heterocycles. The standard InChI is InChI=1S/C18H26N2O/c1-13-6-5-10-20(11-9-13)18(21)16-12-15-7-3-4-8-17(15)19-14(16)2/h3-4,7-8,13-14,16,19H,5-6,9-12H2,1-2H3. The molecule has 1 amide bonds. The molecule has 0 saturated carbocycles. The number of likely N-dealkylation sites (tertiary alicyclic amines) is 1. The van der Waals surface area contributed by atoms with Gasteiger partial charge in [-0.1, -0.05) is 25.1 Å². The zero-order valence-electron chi connectivity index (χ0n) is 13.1. The average molecular weight is 286 g/mol. The first kappa shape index (κ1) is 14.4. The summed E-state index contributed by atoms with van der Waals surface area (Å²) in [4.78, 5) is 15.0. The number of rotatable bonds is 1. The fourth-order valence-corrected chi connectivity index (χ4v) is 3.62. The number of carbonyl (C=O) groups is 1. The SMILES string of the molecule is CC1CCCN(C(=O)C2Cc3ccccc3NC2C)CC1. The molecule has 1 aromatic rings. The molecule has 0 aliphatic carbocycles. The lowest BCUT2D eigenvalue weighted by atomic mass is 9.87. The van der Waals surface area contributed by atoms with Gasteiger partial charge in [0.25, 0.3) is 0 Å². The summed E-state index contributed by atoms with van der Waals surface area (Å²) in [5, 5.41) is 3.51. The molecule has 114 valence electrons. The lowest BCUT2D eigenvalue weighted by Crippen LogP contribution is -2.45. The van der Waals surface area contributed by atoms with Gasteiger partial charge in [0.1, 0.15) is 0 Å². The van der Waals surface area contributed by atoms with Gasteiger partial charge in [0.05, 0.1) is 5.92 Å². The van der Waals surface area contributed by atoms with Gasteiger partial charge in [0.15, 0.2) is 0 Å². The highest BCUT2D eigenvalue weighted by Crippen LogP contribution is 2.30. The second kappa shape index (κ2) is 6.08. The van der Waals surface area contributed by atoms with Crippen molar-refractivity contribution < 1.29 is 4.79 Å². The third-order valence-electron chi connectivity index (χ3n) is 5.09. The third-order valence-corrected chi connectivity index (χ3v) is 5.09. The Morgan fingerprint density at radius 3 is 2.86 bits per heavy atom. The summed E-state index contributed by atoms with van der Waals surface area (Å²) >= 11 is 0. The second-order valence-electron chi connectivity index (χ2n) is 6.76. The van der Waals surface area contributed by atoms with Crippen molar-refractivity contribution in [1.82, 2.24) is 4.90 Å². The zero-order valence-corrected chi connectivity index (χ0v) is 13.1. The molecule has 3 unspecified atom stereocenters. The van der Waals surface area contributed by atoms with E-state index in [-0.39, 0.29) is 12.0 Å². The molecular formula is C18H26N2O. The van der Waals surface area contributed by atoms with Crippen LogP contribution in [0.15, 0.2) is 24.3 Å². The van der Waals surface area contributed by atoms with Crippen molar-refractivity contribution >= 4 is 11.6 Å². The van der Waals surface area contributed by atoms with E-state index in [1.54, 1.807) is 0 Å². The Hall–Kier alpha value is -1.51. The van der Waals surface area contributed by atoms with Crippen LogP contribution in [0.2, 0.25) is 0 Å². The van der Waals surface area contributed by atoms with Crippen LogP contribution in [0.5, 0.6) is 0 Å². The maximum Gasteiger partial charge on any atom is 0.228 e. The molecule has 1 N–H and O–H groups in total. The Morgan fingerprint density at radius 2 is 2.00 bits per heavy atom. The van der Waals surface area contributed by atoms with E-state index in [2.05, 4.69) is 48.3 Å². The van der Waals surface area contributed by atoms with Gasteiger partial charge >= 0.3 is 0 Å². The number of fused-ring (bicyclic) bond motifs is 1. The monoisotopic (exact) mass is 286 g/mol. The molecule has 21 heavy (non-hydrogen) atoms. The number of amides is 1. The minimum atomic E-state index is 0.0771. The third kappa shape index (κ3) is 3.07. The number of para-hydroxylation sites is 1. The van der Waals surface area contributed by atoms with Crippen molar-refractivity contribution in [1.29, 1.82) is 0 Å². The summed E-state index contributed by atoms with van der Waals surface area (Å²) < 4.78 is 0. The number of carbonyl (C=O) groups excluding carboxylic acids is 1. The first-order valence-corrected chi connectivity index (χ1v) is 8.28. The number of hydrogen-bond donors (Lipinski definition) is 1. The predicted octanol–water partition coefficient (Wildman–Crippen LogP) is 3.31. The van der Waals surface area contributed by atoms with Gasteiger partial charge < -0.3 is 10.2 Å². The van der Waals surface area contributed by atoms with Crippen LogP contribution in [-0.4, -0.2) is 29.9 Å². The summed E-state index contributed by atoms with van der Waals surface area (Å²) in [7, 11) is 0. The molecule has 2 aliphatic rings. The van der Waals surface area contributed by atoms with Gasteiger partial charge in [-0.3, -0.25) is 4.79 Å². The van der Waals surface area contributed by atoms with Crippen molar-refractivity contribution in [2.24, 2.45) is 11.8 Å². The molecule has 2 heterocycles. The summed E-state index contributed by atoms with van der Waals surface area (Å²) in [5.74, 6) is 1.18. The zero-order chi connectivity index (χ0) is 14.8. The van der Waals surface area contributed by atoms with Crippen LogP contribution in [-0.2, 0) is 11.2 Å². The predicted molar refractivity (Wildman–Crippen MR) is 86.3 cm³/mol. The Bertz CT molecular complexity index is 514. The Balaban J connectivity index is 1.73. The van der Waals surface area contributed by atoms with Crippen molar-refractivity contribution in [2.75, 3.05) is 18.4 Å². The van der Waals surface area contributed by atoms with E-state index in [0.717, 1.165) is 38.3 Å². The molecule has 3 atom stereocenters. The Labute approximate surface area is 127 Å². The Morgan fingerprint density at radius 1 is 1.19 bits per heavy atom. The highest BCUT2D eigenvalue weighted by molar-refractivity contribution is 5.81. The first-order chi connectivity index (χ1) is 10.1. The normalized spacial score (nSPS) is 29.2. The molecule has 1 aromatic carbocycles. The fourth-order valence-electron chi connectivity index (χ4n) is 3.62. The average Bonchev–Trinajstić information content (AvgIpc) is 2.70. The van der Waals surface area contributed by atoms with Gasteiger partial charge in [-0.15, -0.1) is 0 Å². The van der Waals surface area contributed by atoms with E-state index in [0.29, 0.717) is 5.91 Å². The molecule has 3 nitrogen and oxygen atoms in total. The van der Waals surface area contributed by atoms with E-state index in [1.807, 2.05) is 0 Å². The van der Waals surface area contributed by atoms with Crippen molar-refractivity contribution in [3.05, 3.63) is 29.8 Å². The summed E-state index contributed by atoms with van der Waals surface area (Å²) in [6, 6.07) is 8.58. The van der Waals surface area contributed by atoms with E-state index >= 15 is 0 Å². The van der Waals surface area contributed by atoms with Gasteiger partial charge in [0.2, 0.25) is 5.91 Å². The van der Waals surface area contributed by atoms with Crippen molar-refractivity contribution in [3.8, 4) is 0 Å². The molecule has 3 heteroatoms. The maximum absolute atomic E-state index is 12.9. The van der Waals surface area contributed by atoms with Gasteiger partial charge in [-0.25, -0.2) is 0 Å². The second-order valence-corrected chi connectivity index (χ2v) is 6.76. The lowest BCUT2D eigenvalue weighted by molar-refractivity contribution is -0.136. The van der Waals surface area contributed by atoms with Crippen molar-refractivity contribution in [2.45, 2.75) is 45.6 Å². The quantitative estimate of drug-likeness (QED) is 0.859. The van der Waals surface area contributed by atoms with Crippen LogP contribution in [0.25, 0.3) is 0 Å². The number of nitrogens with zero attached hydrogens (tertiary/aromatic N) is 1. The van der Waals surface area contributed by atoms with Crippen LogP contribution in [0, 0.1) is 11.8 Å². The van der Waals surface area contributed by atoms with Crippen LogP contribution in [0.1, 0.15) is 38.7 Å².